The molecule has 34 heavy (non-hydrogen) atoms. The van der Waals surface area contributed by atoms with Gasteiger partial charge >= 0.3 is 6.03 Å². The van der Waals surface area contributed by atoms with Gasteiger partial charge in [0.05, 0.1) is 6.54 Å². The van der Waals surface area contributed by atoms with Crippen molar-refractivity contribution >= 4 is 29.0 Å². The topological polar surface area (TPSA) is 52.7 Å². The maximum absolute atomic E-state index is 13.6. The van der Waals surface area contributed by atoms with Crippen molar-refractivity contribution < 1.29 is 9.59 Å². The Labute approximate surface area is 207 Å². The first-order valence-corrected chi connectivity index (χ1v) is 12.6. The Balaban J connectivity index is 1.79. The zero-order valence-corrected chi connectivity index (χ0v) is 21.6. The minimum Gasteiger partial charge on any atom is -0.332 e. The lowest BCUT2D eigenvalue weighted by Crippen LogP contribution is -2.47. The molecule has 1 aromatic heterocycles. The summed E-state index contributed by atoms with van der Waals surface area (Å²) in [6, 6.07) is 19.8. The number of benzene rings is 2. The number of carbonyl (C=O) groups excluding carboxylic acids is 2. The maximum Gasteiger partial charge on any atom is 0.322 e. The Hall–Kier alpha value is -3.12. The Morgan fingerprint density at radius 1 is 0.971 bits per heavy atom. The molecule has 0 aliphatic carbocycles. The van der Waals surface area contributed by atoms with Crippen LogP contribution < -0.4 is 5.32 Å². The van der Waals surface area contributed by atoms with E-state index in [1.54, 1.807) is 16.2 Å². The summed E-state index contributed by atoms with van der Waals surface area (Å²) < 4.78 is 0. The SMILES string of the molecule is CCC(C)N(CC(=O)N(Cc1ccccc1)Cc1ccc(C)s1)C(=O)Nc1ccc(C)cc1C. The van der Waals surface area contributed by atoms with Gasteiger partial charge in [-0.2, -0.15) is 0 Å². The molecular formula is C28H35N3O2S. The van der Waals surface area contributed by atoms with Gasteiger partial charge in [-0.3, -0.25) is 4.79 Å². The van der Waals surface area contributed by atoms with E-state index in [1.165, 1.54) is 4.88 Å². The van der Waals surface area contributed by atoms with Crippen LogP contribution in [0.25, 0.3) is 0 Å². The molecule has 1 N–H and O–H groups in total. The van der Waals surface area contributed by atoms with Gasteiger partial charge < -0.3 is 15.1 Å². The lowest BCUT2D eigenvalue weighted by atomic mass is 10.1. The summed E-state index contributed by atoms with van der Waals surface area (Å²) in [6.45, 7) is 11.2. The highest BCUT2D eigenvalue weighted by Gasteiger charge is 2.25. The zero-order valence-electron chi connectivity index (χ0n) is 20.8. The molecule has 0 saturated heterocycles. The molecule has 2 aromatic carbocycles. The van der Waals surface area contributed by atoms with Crippen molar-refractivity contribution in [1.82, 2.24) is 9.80 Å². The van der Waals surface area contributed by atoms with Crippen LogP contribution in [0.2, 0.25) is 0 Å². The number of hydrogen-bond acceptors (Lipinski definition) is 3. The molecule has 1 heterocycles. The van der Waals surface area contributed by atoms with Crippen LogP contribution in [-0.2, 0) is 17.9 Å². The third-order valence-electron chi connectivity index (χ3n) is 6.02. The van der Waals surface area contributed by atoms with E-state index in [1.807, 2.05) is 81.1 Å². The van der Waals surface area contributed by atoms with Crippen LogP contribution >= 0.6 is 11.3 Å². The highest BCUT2D eigenvalue weighted by atomic mass is 32.1. The van der Waals surface area contributed by atoms with E-state index >= 15 is 0 Å². The summed E-state index contributed by atoms with van der Waals surface area (Å²) in [6.07, 6.45) is 0.760. The first-order chi connectivity index (χ1) is 16.3. The standard InChI is InChI=1S/C28H35N3O2S/c1-6-22(4)31(28(33)29-26-15-12-20(2)16-21(26)3)19-27(32)30(17-24-10-8-7-9-11-24)18-25-14-13-23(5)34-25/h7-16,22H,6,17-19H2,1-5H3,(H,29,33). The third kappa shape index (κ3) is 6.94. The molecule has 0 bridgehead atoms. The van der Waals surface area contributed by atoms with E-state index in [4.69, 9.17) is 0 Å². The molecule has 0 fully saturated rings. The van der Waals surface area contributed by atoms with Crippen molar-refractivity contribution in [3.8, 4) is 0 Å². The number of carbonyl (C=O) groups is 2. The van der Waals surface area contributed by atoms with Gasteiger partial charge in [0, 0.05) is 28.0 Å². The maximum atomic E-state index is 13.6. The Morgan fingerprint density at radius 2 is 1.71 bits per heavy atom. The quantitative estimate of drug-likeness (QED) is 0.381. The predicted octanol–water partition coefficient (Wildman–Crippen LogP) is 6.53. The number of nitrogens with one attached hydrogen (secondary N) is 1. The fourth-order valence-corrected chi connectivity index (χ4v) is 4.74. The van der Waals surface area contributed by atoms with Gasteiger partial charge in [-0.1, -0.05) is 55.0 Å². The molecule has 180 valence electrons. The number of aryl methyl sites for hydroxylation is 3. The highest BCUT2D eigenvalue weighted by Crippen LogP contribution is 2.20. The van der Waals surface area contributed by atoms with Gasteiger partial charge in [-0.25, -0.2) is 4.79 Å². The summed E-state index contributed by atoms with van der Waals surface area (Å²) in [5.41, 5.74) is 3.98. The molecule has 3 aromatic rings. The summed E-state index contributed by atoms with van der Waals surface area (Å²) in [7, 11) is 0. The minimum absolute atomic E-state index is 0.0307. The lowest BCUT2D eigenvalue weighted by Gasteiger charge is -2.31. The number of thiophene rings is 1. The third-order valence-corrected chi connectivity index (χ3v) is 7.01. The van der Waals surface area contributed by atoms with Crippen LogP contribution in [0, 0.1) is 20.8 Å². The van der Waals surface area contributed by atoms with Gasteiger partial charge in [0.25, 0.3) is 0 Å². The van der Waals surface area contributed by atoms with Crippen molar-refractivity contribution in [2.45, 2.75) is 60.2 Å². The summed E-state index contributed by atoms with van der Waals surface area (Å²) in [5.74, 6) is -0.0639. The molecule has 1 atom stereocenters. The van der Waals surface area contributed by atoms with Crippen molar-refractivity contribution in [1.29, 1.82) is 0 Å². The molecule has 0 spiro atoms. The van der Waals surface area contributed by atoms with Crippen molar-refractivity contribution in [3.63, 3.8) is 0 Å². The second kappa shape index (κ2) is 11.8. The largest absolute Gasteiger partial charge is 0.332 e. The van der Waals surface area contributed by atoms with E-state index < -0.39 is 0 Å². The number of nitrogens with zero attached hydrogens (tertiary/aromatic N) is 2. The number of anilines is 1. The zero-order chi connectivity index (χ0) is 24.7. The molecule has 0 radical (unpaired) electrons. The van der Waals surface area contributed by atoms with Crippen LogP contribution in [-0.4, -0.2) is 34.3 Å². The van der Waals surface area contributed by atoms with E-state index in [0.717, 1.165) is 33.7 Å². The van der Waals surface area contributed by atoms with Crippen molar-refractivity contribution in [2.24, 2.45) is 0 Å². The predicted molar refractivity (Wildman–Crippen MR) is 141 cm³/mol. The van der Waals surface area contributed by atoms with Crippen molar-refractivity contribution in [3.05, 3.63) is 87.1 Å². The smallest absolute Gasteiger partial charge is 0.322 e. The van der Waals surface area contributed by atoms with Crippen LogP contribution in [0.3, 0.4) is 0 Å². The summed E-state index contributed by atoms with van der Waals surface area (Å²) >= 11 is 1.70. The molecule has 0 aliphatic rings. The van der Waals surface area contributed by atoms with Gasteiger partial charge in [-0.05, 0) is 63.4 Å². The van der Waals surface area contributed by atoms with E-state index in [0.29, 0.717) is 13.1 Å². The van der Waals surface area contributed by atoms with Gasteiger partial charge in [0.1, 0.15) is 6.54 Å². The Kier molecular flexibility index (Phi) is 8.88. The van der Waals surface area contributed by atoms with Crippen molar-refractivity contribution in [2.75, 3.05) is 11.9 Å². The molecular weight excluding hydrogens is 442 g/mol. The molecule has 6 heteroatoms. The highest BCUT2D eigenvalue weighted by molar-refractivity contribution is 7.11. The molecule has 3 rings (SSSR count). The van der Waals surface area contributed by atoms with E-state index in [9.17, 15) is 9.59 Å². The fraction of sp³-hybridized carbons (Fsp3) is 0.357. The molecule has 3 amide bonds. The molecule has 0 saturated carbocycles. The lowest BCUT2D eigenvalue weighted by molar-refractivity contribution is -0.133. The molecule has 0 aliphatic heterocycles. The van der Waals surface area contributed by atoms with Gasteiger partial charge in [0.2, 0.25) is 5.91 Å². The van der Waals surface area contributed by atoms with E-state index in [-0.39, 0.29) is 24.5 Å². The first-order valence-electron chi connectivity index (χ1n) is 11.8. The van der Waals surface area contributed by atoms with Crippen LogP contribution in [0.4, 0.5) is 10.5 Å². The monoisotopic (exact) mass is 477 g/mol. The summed E-state index contributed by atoms with van der Waals surface area (Å²) in [5, 5.41) is 3.02. The number of amides is 3. The number of urea groups is 1. The average molecular weight is 478 g/mol. The normalized spacial score (nSPS) is 11.7. The fourth-order valence-electron chi connectivity index (χ4n) is 3.83. The second-order valence-corrected chi connectivity index (χ2v) is 10.3. The average Bonchev–Trinajstić information content (AvgIpc) is 3.23. The Morgan fingerprint density at radius 3 is 2.32 bits per heavy atom. The van der Waals surface area contributed by atoms with E-state index in [2.05, 4.69) is 24.4 Å². The number of rotatable bonds is 9. The van der Waals surface area contributed by atoms with Gasteiger partial charge in [0.15, 0.2) is 0 Å². The minimum atomic E-state index is -0.249. The first kappa shape index (κ1) is 25.5. The van der Waals surface area contributed by atoms with Crippen LogP contribution in [0.1, 0.15) is 46.7 Å². The van der Waals surface area contributed by atoms with Crippen LogP contribution in [0.15, 0.2) is 60.7 Å². The van der Waals surface area contributed by atoms with Gasteiger partial charge in [-0.15, -0.1) is 11.3 Å². The number of hydrogen-bond donors (Lipinski definition) is 1. The second-order valence-electron chi connectivity index (χ2n) is 8.88. The van der Waals surface area contributed by atoms with Crippen LogP contribution in [0.5, 0.6) is 0 Å². The Bertz CT molecular complexity index is 1110. The molecule has 1 unspecified atom stereocenters. The molecule has 5 nitrogen and oxygen atoms in total. The summed E-state index contributed by atoms with van der Waals surface area (Å²) in [4.78, 5) is 32.7.